The summed E-state index contributed by atoms with van der Waals surface area (Å²) < 4.78 is 5.33. The largest absolute Gasteiger partial charge is 0.466 e. The topological polar surface area (TPSA) is 77.5 Å². The van der Waals surface area contributed by atoms with Crippen LogP contribution in [0.1, 0.15) is 98.3 Å². The second-order valence-electron chi connectivity index (χ2n) is 12.0. The number of unbranched alkanes of at least 4 members (excludes halogenated alkanes) is 1. The van der Waals surface area contributed by atoms with Gasteiger partial charge in [0.05, 0.1) is 6.61 Å². The van der Waals surface area contributed by atoms with E-state index in [2.05, 4.69) is 27.7 Å². The predicted molar refractivity (Wildman–Crippen MR) is 125 cm³/mol. The Balaban J connectivity index is 1.49. The van der Waals surface area contributed by atoms with Gasteiger partial charge in [-0.3, -0.25) is 19.2 Å². The van der Waals surface area contributed by atoms with Crippen molar-refractivity contribution in [3.8, 4) is 0 Å². The van der Waals surface area contributed by atoms with Crippen LogP contribution in [0.2, 0.25) is 0 Å². The third-order valence-corrected chi connectivity index (χ3v) is 10.5. The molecule has 0 aromatic heterocycles. The number of ether oxygens (including phenoxy) is 1. The normalized spacial score (nSPS) is 41.2. The second kappa shape index (κ2) is 9.26. The van der Waals surface area contributed by atoms with E-state index in [9.17, 15) is 19.2 Å². The molecule has 0 aromatic rings. The van der Waals surface area contributed by atoms with E-state index < -0.39 is 5.41 Å². The second-order valence-corrected chi connectivity index (χ2v) is 12.0. The number of fused-ring (bicyclic) bond motifs is 5. The number of esters is 1. The average Bonchev–Trinajstić information content (AvgIpc) is 3.13. The van der Waals surface area contributed by atoms with Gasteiger partial charge in [-0.25, -0.2) is 0 Å². The van der Waals surface area contributed by atoms with Crippen LogP contribution < -0.4 is 0 Å². The summed E-state index contributed by atoms with van der Waals surface area (Å²) in [4.78, 5) is 51.5. The molecule has 0 aromatic carbocycles. The molecule has 4 rings (SSSR count). The SMILES string of the molecule is CCCCOC(=O)CCC(C)[C@H]1CC[C@H]2C3C(=O)C[C@@H]4CC(=O)CC[C@]4(C)[C@H]3CC(=O)[C@]12C. The van der Waals surface area contributed by atoms with Gasteiger partial charge in [-0.2, -0.15) is 0 Å². The Labute approximate surface area is 198 Å². The van der Waals surface area contributed by atoms with E-state index >= 15 is 0 Å². The molecule has 4 saturated carbocycles. The van der Waals surface area contributed by atoms with Crippen LogP contribution >= 0.6 is 0 Å². The molecule has 4 aliphatic carbocycles. The van der Waals surface area contributed by atoms with Crippen LogP contribution in [0.15, 0.2) is 0 Å². The van der Waals surface area contributed by atoms with E-state index in [4.69, 9.17) is 4.74 Å². The molecule has 4 aliphatic rings. The monoisotopic (exact) mass is 458 g/mol. The first-order chi connectivity index (χ1) is 15.6. The molecule has 2 unspecified atom stereocenters. The van der Waals surface area contributed by atoms with Crippen LogP contribution in [0, 0.1) is 46.3 Å². The first kappa shape index (κ1) is 24.6. The van der Waals surface area contributed by atoms with Crippen molar-refractivity contribution in [2.75, 3.05) is 6.61 Å². The molecule has 0 amide bonds. The van der Waals surface area contributed by atoms with E-state index in [-0.39, 0.29) is 52.7 Å². The van der Waals surface area contributed by atoms with Crippen LogP contribution in [0.4, 0.5) is 0 Å². The van der Waals surface area contributed by atoms with Crippen molar-refractivity contribution in [3.05, 3.63) is 0 Å². The maximum absolute atomic E-state index is 13.8. The van der Waals surface area contributed by atoms with Crippen molar-refractivity contribution < 1.29 is 23.9 Å². The van der Waals surface area contributed by atoms with E-state index in [1.165, 1.54) is 0 Å². The van der Waals surface area contributed by atoms with Gasteiger partial charge in [0.2, 0.25) is 0 Å². The highest BCUT2D eigenvalue weighted by atomic mass is 16.5. The molecule has 5 nitrogen and oxygen atoms in total. The molecule has 33 heavy (non-hydrogen) atoms. The molecule has 0 aliphatic heterocycles. The first-order valence-electron chi connectivity index (χ1n) is 13.4. The standard InChI is InChI=1S/C28H42O5/c1-5-6-13-33-25(32)10-7-17(2)20-8-9-21-26-22(16-24(31)28(20,21)4)27(3)12-11-19(29)14-18(27)15-23(26)30/h17-18,20-22,26H,5-16H2,1-4H3/t17?,18-,20+,21-,22-,26?,27-,28+/m0/s1. The summed E-state index contributed by atoms with van der Waals surface area (Å²) in [6.07, 6.45) is 7.81. The minimum atomic E-state index is -0.476. The number of rotatable bonds is 7. The lowest BCUT2D eigenvalue weighted by atomic mass is 9.44. The predicted octanol–water partition coefficient (Wildman–Crippen LogP) is 5.33. The van der Waals surface area contributed by atoms with E-state index in [1.54, 1.807) is 0 Å². The highest BCUT2D eigenvalue weighted by Crippen LogP contribution is 2.66. The van der Waals surface area contributed by atoms with E-state index in [0.717, 1.165) is 38.5 Å². The third kappa shape index (κ3) is 4.12. The molecule has 0 bridgehead atoms. The zero-order valence-electron chi connectivity index (χ0n) is 21.0. The van der Waals surface area contributed by atoms with Gasteiger partial charge in [-0.05, 0) is 67.1 Å². The molecule has 0 saturated heterocycles. The minimum absolute atomic E-state index is 0.0432. The zero-order chi connectivity index (χ0) is 24.0. The van der Waals surface area contributed by atoms with E-state index in [1.807, 2.05) is 0 Å². The summed E-state index contributed by atoms with van der Waals surface area (Å²) in [5.74, 6) is 1.48. The number of Topliss-reactive ketones (excluding diaryl/α,β-unsaturated/α-hetero) is 3. The van der Waals surface area contributed by atoms with Crippen LogP contribution in [-0.2, 0) is 23.9 Å². The Morgan fingerprint density at radius 3 is 2.58 bits per heavy atom. The number of carbonyl (C=O) groups excluding carboxylic acids is 4. The highest BCUT2D eigenvalue weighted by molar-refractivity contribution is 5.93. The molecule has 184 valence electrons. The van der Waals surface area contributed by atoms with Gasteiger partial charge in [0.15, 0.2) is 0 Å². The summed E-state index contributed by atoms with van der Waals surface area (Å²) in [6, 6.07) is 0. The third-order valence-electron chi connectivity index (χ3n) is 10.5. The first-order valence-corrected chi connectivity index (χ1v) is 13.4. The summed E-state index contributed by atoms with van der Waals surface area (Å²) in [5, 5.41) is 0. The van der Waals surface area contributed by atoms with Crippen molar-refractivity contribution >= 4 is 23.3 Å². The lowest BCUT2D eigenvalue weighted by Crippen LogP contribution is -2.60. The molecule has 5 heteroatoms. The molecule has 0 spiro atoms. The maximum atomic E-state index is 13.8. The highest BCUT2D eigenvalue weighted by Gasteiger charge is 2.66. The number of carbonyl (C=O) groups is 4. The van der Waals surface area contributed by atoms with Crippen molar-refractivity contribution in [1.82, 2.24) is 0 Å². The molecule has 0 radical (unpaired) electrons. The summed E-state index contributed by atoms with van der Waals surface area (Å²) in [6.45, 7) is 9.11. The number of hydrogen-bond donors (Lipinski definition) is 0. The fourth-order valence-corrected chi connectivity index (χ4v) is 8.34. The molecular formula is C28H42O5. The summed E-state index contributed by atoms with van der Waals surface area (Å²) in [7, 11) is 0. The van der Waals surface area contributed by atoms with Crippen LogP contribution in [0.25, 0.3) is 0 Å². The maximum Gasteiger partial charge on any atom is 0.305 e. The van der Waals surface area contributed by atoms with Gasteiger partial charge in [0.1, 0.15) is 17.3 Å². The fourth-order valence-electron chi connectivity index (χ4n) is 8.34. The van der Waals surface area contributed by atoms with Gasteiger partial charge in [0.25, 0.3) is 0 Å². The van der Waals surface area contributed by atoms with E-state index in [0.29, 0.717) is 50.3 Å². The van der Waals surface area contributed by atoms with Gasteiger partial charge < -0.3 is 4.74 Å². The fraction of sp³-hybridized carbons (Fsp3) is 0.857. The van der Waals surface area contributed by atoms with Gasteiger partial charge in [0, 0.05) is 43.4 Å². The lowest BCUT2D eigenvalue weighted by Gasteiger charge is -2.58. The Hall–Kier alpha value is -1.52. The molecule has 4 fully saturated rings. The average molecular weight is 459 g/mol. The summed E-state index contributed by atoms with van der Waals surface area (Å²) in [5.41, 5.74) is -0.550. The van der Waals surface area contributed by atoms with Crippen LogP contribution in [0.5, 0.6) is 0 Å². The summed E-state index contributed by atoms with van der Waals surface area (Å²) >= 11 is 0. The Bertz CT molecular complexity index is 817. The Morgan fingerprint density at radius 1 is 1.09 bits per heavy atom. The molecule has 8 atom stereocenters. The Morgan fingerprint density at radius 2 is 1.85 bits per heavy atom. The van der Waals surface area contributed by atoms with Gasteiger partial charge >= 0.3 is 5.97 Å². The van der Waals surface area contributed by atoms with Crippen molar-refractivity contribution in [3.63, 3.8) is 0 Å². The number of hydrogen-bond acceptors (Lipinski definition) is 5. The smallest absolute Gasteiger partial charge is 0.305 e. The molecular weight excluding hydrogens is 416 g/mol. The Kier molecular flexibility index (Phi) is 6.90. The van der Waals surface area contributed by atoms with Crippen molar-refractivity contribution in [2.24, 2.45) is 46.3 Å². The number of ketones is 3. The van der Waals surface area contributed by atoms with Crippen LogP contribution in [0.3, 0.4) is 0 Å². The van der Waals surface area contributed by atoms with Crippen molar-refractivity contribution in [1.29, 1.82) is 0 Å². The quantitative estimate of drug-likeness (QED) is 0.380. The lowest BCUT2D eigenvalue weighted by molar-refractivity contribution is -0.166. The van der Waals surface area contributed by atoms with Crippen molar-refractivity contribution in [2.45, 2.75) is 98.3 Å². The zero-order valence-corrected chi connectivity index (χ0v) is 21.0. The minimum Gasteiger partial charge on any atom is -0.466 e. The van der Waals surface area contributed by atoms with Gasteiger partial charge in [-0.15, -0.1) is 0 Å². The van der Waals surface area contributed by atoms with Crippen LogP contribution in [-0.4, -0.2) is 29.9 Å². The molecule has 0 N–H and O–H groups in total. The van der Waals surface area contributed by atoms with Gasteiger partial charge in [-0.1, -0.05) is 34.1 Å². The molecule has 0 heterocycles.